The summed E-state index contributed by atoms with van der Waals surface area (Å²) in [5.74, 6) is 1.54. The Bertz CT molecular complexity index is 638. The highest BCUT2D eigenvalue weighted by Crippen LogP contribution is 2.18. The van der Waals surface area contributed by atoms with Crippen molar-refractivity contribution < 1.29 is 9.53 Å². The number of guanidine groups is 1. The first-order valence-electron chi connectivity index (χ1n) is 9.55. The van der Waals surface area contributed by atoms with E-state index in [0.717, 1.165) is 48.7 Å². The molecule has 6 nitrogen and oxygen atoms in total. The van der Waals surface area contributed by atoms with E-state index in [0.29, 0.717) is 25.4 Å². The van der Waals surface area contributed by atoms with Crippen LogP contribution < -0.4 is 5.32 Å². The number of carbonyl (C=O) groups excluding carboxylic acids is 1. The third kappa shape index (κ3) is 6.81. The van der Waals surface area contributed by atoms with Gasteiger partial charge in [0.15, 0.2) is 5.96 Å². The topological polar surface area (TPSA) is 57.2 Å². The van der Waals surface area contributed by atoms with Crippen molar-refractivity contribution in [2.24, 2.45) is 10.9 Å². The summed E-state index contributed by atoms with van der Waals surface area (Å²) in [6.07, 6.45) is 1.56. The third-order valence-corrected chi connectivity index (χ3v) is 5.54. The van der Waals surface area contributed by atoms with Gasteiger partial charge in [-0.15, -0.1) is 0 Å². The highest BCUT2D eigenvalue weighted by molar-refractivity contribution is 9.10. The summed E-state index contributed by atoms with van der Waals surface area (Å²) >= 11 is 3.53. The Morgan fingerprint density at radius 2 is 2.22 bits per heavy atom. The zero-order valence-corrected chi connectivity index (χ0v) is 18.2. The van der Waals surface area contributed by atoms with Gasteiger partial charge in [-0.05, 0) is 25.0 Å². The molecule has 150 valence electrons. The number of halogens is 1. The van der Waals surface area contributed by atoms with E-state index < -0.39 is 0 Å². The van der Waals surface area contributed by atoms with Crippen molar-refractivity contribution in [2.75, 3.05) is 46.9 Å². The first-order valence-corrected chi connectivity index (χ1v) is 10.3. The van der Waals surface area contributed by atoms with E-state index in [-0.39, 0.29) is 5.91 Å². The summed E-state index contributed by atoms with van der Waals surface area (Å²) in [5, 5.41) is 3.33. The lowest BCUT2D eigenvalue weighted by atomic mass is 10.1. The molecule has 0 spiro atoms. The average molecular weight is 439 g/mol. The summed E-state index contributed by atoms with van der Waals surface area (Å²) < 4.78 is 6.56. The molecule has 1 atom stereocenters. The number of likely N-dealkylation sites (tertiary alicyclic amines) is 1. The summed E-state index contributed by atoms with van der Waals surface area (Å²) in [4.78, 5) is 20.8. The zero-order valence-electron chi connectivity index (χ0n) is 16.6. The van der Waals surface area contributed by atoms with Crippen molar-refractivity contribution in [1.82, 2.24) is 15.1 Å². The Morgan fingerprint density at radius 1 is 1.44 bits per heavy atom. The van der Waals surface area contributed by atoms with Crippen LogP contribution in [0.1, 0.15) is 25.3 Å². The van der Waals surface area contributed by atoms with Crippen LogP contribution >= 0.6 is 15.9 Å². The summed E-state index contributed by atoms with van der Waals surface area (Å²) in [7, 11) is 3.63. The SMILES string of the molecule is CCOCC1CCN(C(=NC)NCCC(=O)N(C)Cc2ccccc2Br)C1. The van der Waals surface area contributed by atoms with E-state index in [2.05, 4.69) is 31.1 Å². The molecule has 7 heteroatoms. The largest absolute Gasteiger partial charge is 0.381 e. The van der Waals surface area contributed by atoms with Gasteiger partial charge in [0.05, 0.1) is 6.61 Å². The highest BCUT2D eigenvalue weighted by atomic mass is 79.9. The zero-order chi connectivity index (χ0) is 19.6. The maximum absolute atomic E-state index is 12.4. The van der Waals surface area contributed by atoms with Gasteiger partial charge in [-0.2, -0.15) is 0 Å². The van der Waals surface area contributed by atoms with Gasteiger partial charge in [0.2, 0.25) is 5.91 Å². The normalized spacial score (nSPS) is 17.3. The monoisotopic (exact) mass is 438 g/mol. The van der Waals surface area contributed by atoms with Crippen LogP contribution in [0.2, 0.25) is 0 Å². The van der Waals surface area contributed by atoms with E-state index in [1.54, 1.807) is 11.9 Å². The van der Waals surface area contributed by atoms with Crippen LogP contribution in [-0.4, -0.2) is 68.6 Å². The Labute approximate surface area is 171 Å². The maximum Gasteiger partial charge on any atom is 0.224 e. The quantitative estimate of drug-likeness (QED) is 0.500. The lowest BCUT2D eigenvalue weighted by Crippen LogP contribution is -2.41. The second-order valence-corrected chi connectivity index (χ2v) is 7.68. The Balaban J connectivity index is 1.74. The molecule has 1 heterocycles. The Hall–Kier alpha value is -1.60. The molecular weight excluding hydrogens is 408 g/mol. The van der Waals surface area contributed by atoms with Gasteiger partial charge in [-0.1, -0.05) is 34.1 Å². The molecule has 27 heavy (non-hydrogen) atoms. The molecule has 1 N–H and O–H groups in total. The van der Waals surface area contributed by atoms with Gasteiger partial charge in [0.25, 0.3) is 0 Å². The number of hydrogen-bond donors (Lipinski definition) is 1. The van der Waals surface area contributed by atoms with Gasteiger partial charge in [-0.25, -0.2) is 0 Å². The Morgan fingerprint density at radius 3 is 2.93 bits per heavy atom. The number of hydrogen-bond acceptors (Lipinski definition) is 3. The number of benzene rings is 1. The predicted molar refractivity (Wildman–Crippen MR) is 113 cm³/mol. The van der Waals surface area contributed by atoms with Crippen molar-refractivity contribution in [3.05, 3.63) is 34.3 Å². The van der Waals surface area contributed by atoms with E-state index in [4.69, 9.17) is 4.74 Å². The number of rotatable bonds is 8. The molecule has 1 aromatic rings. The minimum Gasteiger partial charge on any atom is -0.381 e. The van der Waals surface area contributed by atoms with E-state index in [1.807, 2.05) is 38.2 Å². The number of amides is 1. The molecule has 1 saturated heterocycles. The molecule has 2 rings (SSSR count). The van der Waals surface area contributed by atoms with Crippen molar-refractivity contribution >= 4 is 27.8 Å². The second kappa shape index (κ2) is 11.3. The second-order valence-electron chi connectivity index (χ2n) is 6.83. The van der Waals surface area contributed by atoms with Crippen LogP contribution in [-0.2, 0) is 16.1 Å². The van der Waals surface area contributed by atoms with Crippen LogP contribution in [0.25, 0.3) is 0 Å². The fourth-order valence-electron chi connectivity index (χ4n) is 3.22. The molecule has 0 aliphatic carbocycles. The highest BCUT2D eigenvalue weighted by Gasteiger charge is 2.24. The fraction of sp³-hybridized carbons (Fsp3) is 0.600. The molecular formula is C20H31BrN4O2. The average Bonchev–Trinajstić information content (AvgIpc) is 3.13. The van der Waals surface area contributed by atoms with Gasteiger partial charge in [0.1, 0.15) is 0 Å². The van der Waals surface area contributed by atoms with E-state index in [9.17, 15) is 4.79 Å². The summed E-state index contributed by atoms with van der Waals surface area (Å²) in [6, 6.07) is 7.98. The van der Waals surface area contributed by atoms with Gasteiger partial charge < -0.3 is 19.9 Å². The number of nitrogens with one attached hydrogen (secondary N) is 1. The van der Waals surface area contributed by atoms with Crippen LogP contribution in [0.3, 0.4) is 0 Å². The summed E-state index contributed by atoms with van der Waals surface area (Å²) in [5.41, 5.74) is 1.11. The predicted octanol–water partition coefficient (Wildman–Crippen LogP) is 2.73. The molecule has 1 fully saturated rings. The number of nitrogens with zero attached hydrogens (tertiary/aromatic N) is 3. The molecule has 1 unspecified atom stereocenters. The molecule has 1 aromatic carbocycles. The third-order valence-electron chi connectivity index (χ3n) is 4.77. The lowest BCUT2D eigenvalue weighted by molar-refractivity contribution is -0.130. The lowest BCUT2D eigenvalue weighted by Gasteiger charge is -2.22. The van der Waals surface area contributed by atoms with Crippen molar-refractivity contribution in [1.29, 1.82) is 0 Å². The van der Waals surface area contributed by atoms with E-state index in [1.165, 1.54) is 0 Å². The molecule has 1 aliphatic heterocycles. The summed E-state index contributed by atoms with van der Waals surface area (Å²) in [6.45, 7) is 6.71. The number of carbonyl (C=O) groups is 1. The minimum absolute atomic E-state index is 0.115. The van der Waals surface area contributed by atoms with Crippen molar-refractivity contribution in [2.45, 2.75) is 26.3 Å². The van der Waals surface area contributed by atoms with E-state index >= 15 is 0 Å². The van der Waals surface area contributed by atoms with Gasteiger partial charge in [-0.3, -0.25) is 9.79 Å². The smallest absolute Gasteiger partial charge is 0.224 e. The van der Waals surface area contributed by atoms with Gasteiger partial charge >= 0.3 is 0 Å². The number of ether oxygens (including phenoxy) is 1. The first kappa shape index (κ1) is 21.7. The minimum atomic E-state index is 0.115. The molecule has 0 radical (unpaired) electrons. The molecule has 0 bridgehead atoms. The van der Waals surface area contributed by atoms with Crippen molar-refractivity contribution in [3.63, 3.8) is 0 Å². The van der Waals surface area contributed by atoms with Crippen LogP contribution in [0.15, 0.2) is 33.7 Å². The number of aliphatic imine (C=N–C) groups is 1. The van der Waals surface area contributed by atoms with Crippen LogP contribution in [0.5, 0.6) is 0 Å². The van der Waals surface area contributed by atoms with Crippen LogP contribution in [0, 0.1) is 5.92 Å². The Kier molecular flexibility index (Phi) is 9.07. The molecule has 1 aliphatic rings. The maximum atomic E-state index is 12.4. The first-order chi connectivity index (χ1) is 13.0. The van der Waals surface area contributed by atoms with Crippen LogP contribution in [0.4, 0.5) is 0 Å². The molecule has 1 amide bonds. The molecule has 0 saturated carbocycles. The fourth-order valence-corrected chi connectivity index (χ4v) is 3.63. The van der Waals surface area contributed by atoms with Gasteiger partial charge in [0, 0.05) is 63.7 Å². The molecule has 0 aromatic heterocycles. The van der Waals surface area contributed by atoms with Crippen molar-refractivity contribution in [3.8, 4) is 0 Å². The standard InChI is InChI=1S/C20H31BrN4O2/c1-4-27-15-16-10-12-25(13-16)20(22-2)23-11-9-19(26)24(3)14-17-7-5-6-8-18(17)21/h5-8,16H,4,9-15H2,1-3H3,(H,22,23).